The van der Waals surface area contributed by atoms with E-state index in [0.29, 0.717) is 25.2 Å². The van der Waals surface area contributed by atoms with E-state index in [-0.39, 0.29) is 6.10 Å². The third-order valence-corrected chi connectivity index (χ3v) is 5.60. The Morgan fingerprint density at radius 3 is 2.90 bits per heavy atom. The number of fused-ring (bicyclic) bond motifs is 1. The van der Waals surface area contributed by atoms with Gasteiger partial charge < -0.3 is 24.8 Å². The molecule has 2 N–H and O–H groups in total. The van der Waals surface area contributed by atoms with Crippen molar-refractivity contribution in [2.75, 3.05) is 40.0 Å². The zero-order valence-electron chi connectivity index (χ0n) is 18.5. The normalized spacial score (nSPS) is 23.3. The Morgan fingerprint density at radius 1 is 1.34 bits per heavy atom. The summed E-state index contributed by atoms with van der Waals surface area (Å²) in [5.74, 6) is 2.67. The molecule has 2 aliphatic rings. The maximum atomic E-state index is 5.92. The van der Waals surface area contributed by atoms with Gasteiger partial charge in [-0.2, -0.15) is 0 Å². The topological polar surface area (TPSA) is 67.4 Å². The van der Waals surface area contributed by atoms with E-state index >= 15 is 0 Å². The zero-order valence-corrected chi connectivity index (χ0v) is 18.5. The highest BCUT2D eigenvalue weighted by Crippen LogP contribution is 2.35. The number of guanidine groups is 1. The van der Waals surface area contributed by atoms with Crippen LogP contribution < -0.4 is 20.1 Å². The summed E-state index contributed by atoms with van der Waals surface area (Å²) in [6.07, 6.45) is 1.16. The third-order valence-electron chi connectivity index (χ3n) is 5.60. The predicted molar refractivity (Wildman–Crippen MR) is 116 cm³/mol. The molecule has 0 aromatic heterocycles. The second kappa shape index (κ2) is 10.2. The molecule has 0 amide bonds. The van der Waals surface area contributed by atoms with E-state index in [1.807, 2.05) is 6.92 Å². The maximum Gasteiger partial charge on any atom is 0.191 e. The van der Waals surface area contributed by atoms with Crippen LogP contribution in [-0.2, 0) is 17.7 Å². The minimum atomic E-state index is 0.223. The highest BCUT2D eigenvalue weighted by atomic mass is 16.5. The first-order valence-electron chi connectivity index (χ1n) is 10.7. The van der Waals surface area contributed by atoms with Gasteiger partial charge in [-0.1, -0.05) is 0 Å². The smallest absolute Gasteiger partial charge is 0.191 e. The van der Waals surface area contributed by atoms with E-state index in [4.69, 9.17) is 14.2 Å². The molecule has 0 spiro atoms. The lowest BCUT2D eigenvalue weighted by Gasteiger charge is -2.38. The number of nitrogens with one attached hydrogen (secondary N) is 2. The Bertz CT molecular complexity index is 710. The van der Waals surface area contributed by atoms with Crippen LogP contribution in [0.5, 0.6) is 11.5 Å². The van der Waals surface area contributed by atoms with Gasteiger partial charge in [-0.25, -0.2) is 0 Å². The minimum Gasteiger partial charge on any atom is -0.494 e. The molecule has 162 valence electrons. The van der Waals surface area contributed by atoms with Crippen LogP contribution in [0.2, 0.25) is 0 Å². The first-order valence-corrected chi connectivity index (χ1v) is 10.7. The molecule has 3 rings (SSSR count). The van der Waals surface area contributed by atoms with Crippen LogP contribution in [0.3, 0.4) is 0 Å². The van der Waals surface area contributed by atoms with Gasteiger partial charge in [0.1, 0.15) is 17.6 Å². The average Bonchev–Trinajstić information content (AvgIpc) is 3.07. The van der Waals surface area contributed by atoms with Gasteiger partial charge in [-0.15, -0.1) is 0 Å². The van der Waals surface area contributed by atoms with Crippen molar-refractivity contribution < 1.29 is 14.2 Å². The fourth-order valence-electron chi connectivity index (χ4n) is 4.07. The van der Waals surface area contributed by atoms with E-state index < -0.39 is 0 Å². The molecule has 1 saturated heterocycles. The van der Waals surface area contributed by atoms with Crippen LogP contribution in [0.25, 0.3) is 0 Å². The van der Waals surface area contributed by atoms with Crippen molar-refractivity contribution in [2.45, 2.75) is 58.8 Å². The molecule has 1 fully saturated rings. The summed E-state index contributed by atoms with van der Waals surface area (Å²) >= 11 is 0. The standard InChI is InChI=1S/C22H36N4O3/c1-6-28-20-10-18-9-17(4)29-21(18)11-19(20)13-25-22(23-5)24-12-15(2)26-7-8-27-14-16(26)3/h10-11,15-17H,6-9,12-14H2,1-5H3,(H2,23,24,25). The zero-order chi connectivity index (χ0) is 20.8. The molecule has 0 radical (unpaired) electrons. The molecule has 0 saturated carbocycles. The molecule has 3 unspecified atom stereocenters. The number of hydrogen-bond acceptors (Lipinski definition) is 5. The van der Waals surface area contributed by atoms with Gasteiger partial charge in [0.2, 0.25) is 0 Å². The molecular formula is C22H36N4O3. The van der Waals surface area contributed by atoms with E-state index in [2.05, 4.69) is 53.4 Å². The van der Waals surface area contributed by atoms with Crippen molar-refractivity contribution in [1.29, 1.82) is 0 Å². The summed E-state index contributed by atoms with van der Waals surface area (Å²) in [5.41, 5.74) is 2.30. The lowest BCUT2D eigenvalue weighted by molar-refractivity contribution is -0.0174. The van der Waals surface area contributed by atoms with Crippen LogP contribution in [-0.4, -0.2) is 69.0 Å². The summed E-state index contributed by atoms with van der Waals surface area (Å²) in [5, 5.41) is 6.87. The quantitative estimate of drug-likeness (QED) is 0.536. The first-order chi connectivity index (χ1) is 14.0. The molecule has 0 aliphatic carbocycles. The molecule has 3 atom stereocenters. The van der Waals surface area contributed by atoms with Crippen molar-refractivity contribution in [3.8, 4) is 11.5 Å². The van der Waals surface area contributed by atoms with Crippen LogP contribution in [0.4, 0.5) is 0 Å². The molecule has 29 heavy (non-hydrogen) atoms. The fourth-order valence-corrected chi connectivity index (χ4v) is 4.07. The second-order valence-electron chi connectivity index (χ2n) is 7.95. The number of aliphatic imine (C=N–C) groups is 1. The van der Waals surface area contributed by atoms with Crippen LogP contribution in [0.15, 0.2) is 17.1 Å². The summed E-state index contributed by atoms with van der Waals surface area (Å²) in [4.78, 5) is 6.86. The van der Waals surface area contributed by atoms with Crippen molar-refractivity contribution in [2.24, 2.45) is 4.99 Å². The second-order valence-corrected chi connectivity index (χ2v) is 7.95. The molecular weight excluding hydrogens is 368 g/mol. The number of morpholine rings is 1. The predicted octanol–water partition coefficient (Wildman–Crippen LogP) is 2.18. The van der Waals surface area contributed by atoms with Gasteiger partial charge in [0, 0.05) is 56.3 Å². The van der Waals surface area contributed by atoms with Crippen LogP contribution in [0.1, 0.15) is 38.8 Å². The summed E-state index contributed by atoms with van der Waals surface area (Å²) < 4.78 is 17.3. The van der Waals surface area contributed by atoms with Crippen molar-refractivity contribution >= 4 is 5.96 Å². The minimum absolute atomic E-state index is 0.223. The van der Waals surface area contributed by atoms with Gasteiger partial charge in [0.05, 0.1) is 19.8 Å². The number of hydrogen-bond donors (Lipinski definition) is 2. The van der Waals surface area contributed by atoms with Gasteiger partial charge in [0.25, 0.3) is 0 Å². The average molecular weight is 405 g/mol. The van der Waals surface area contributed by atoms with Gasteiger partial charge in [-0.05, 0) is 39.8 Å². The van der Waals surface area contributed by atoms with Crippen molar-refractivity contribution in [3.05, 3.63) is 23.3 Å². The lowest BCUT2D eigenvalue weighted by atomic mass is 10.1. The molecule has 1 aromatic rings. The molecule has 7 nitrogen and oxygen atoms in total. The summed E-state index contributed by atoms with van der Waals surface area (Å²) in [6, 6.07) is 5.07. The van der Waals surface area contributed by atoms with E-state index in [0.717, 1.165) is 55.7 Å². The maximum absolute atomic E-state index is 5.92. The Balaban J connectivity index is 1.57. The monoisotopic (exact) mass is 404 g/mol. The van der Waals surface area contributed by atoms with Crippen LogP contribution >= 0.6 is 0 Å². The Labute approximate surface area is 174 Å². The van der Waals surface area contributed by atoms with Gasteiger partial charge in [-0.3, -0.25) is 9.89 Å². The molecule has 2 aliphatic heterocycles. The Morgan fingerprint density at radius 2 is 2.17 bits per heavy atom. The lowest BCUT2D eigenvalue weighted by Crippen LogP contribution is -2.52. The van der Waals surface area contributed by atoms with E-state index in [9.17, 15) is 0 Å². The number of rotatable bonds is 7. The molecule has 1 aromatic carbocycles. The fraction of sp³-hybridized carbons (Fsp3) is 0.682. The third kappa shape index (κ3) is 5.54. The number of nitrogens with zero attached hydrogens (tertiary/aromatic N) is 2. The molecule has 2 heterocycles. The highest BCUT2D eigenvalue weighted by molar-refractivity contribution is 5.79. The summed E-state index contributed by atoms with van der Waals surface area (Å²) in [7, 11) is 1.80. The van der Waals surface area contributed by atoms with Crippen LogP contribution in [0, 0.1) is 0 Å². The van der Waals surface area contributed by atoms with E-state index in [1.165, 1.54) is 5.56 Å². The summed E-state index contributed by atoms with van der Waals surface area (Å²) in [6.45, 7) is 13.3. The largest absolute Gasteiger partial charge is 0.494 e. The van der Waals surface area contributed by atoms with Gasteiger partial charge in [0.15, 0.2) is 5.96 Å². The first kappa shape index (κ1) is 21.7. The number of ether oxygens (including phenoxy) is 3. The van der Waals surface area contributed by atoms with Crippen molar-refractivity contribution in [3.63, 3.8) is 0 Å². The SMILES string of the molecule is CCOc1cc2c(cc1CNC(=NC)NCC(C)N1CCOCC1C)OC(C)C2. The number of benzene rings is 1. The highest BCUT2D eigenvalue weighted by Gasteiger charge is 2.24. The molecule has 7 heteroatoms. The van der Waals surface area contributed by atoms with Crippen molar-refractivity contribution in [1.82, 2.24) is 15.5 Å². The Kier molecular flexibility index (Phi) is 7.61. The van der Waals surface area contributed by atoms with E-state index in [1.54, 1.807) is 7.05 Å². The van der Waals surface area contributed by atoms with Gasteiger partial charge >= 0.3 is 0 Å². The Hall–Kier alpha value is -1.99. The molecule has 0 bridgehead atoms.